The Bertz CT molecular complexity index is 234. The Morgan fingerprint density at radius 2 is 1.93 bits per heavy atom. The van der Waals surface area contributed by atoms with E-state index in [0.717, 1.165) is 17.8 Å². The number of hydrogen-bond donors (Lipinski definition) is 1. The molecule has 2 N–H and O–H groups in total. The highest BCUT2D eigenvalue weighted by Crippen LogP contribution is 2.62. The minimum absolute atomic E-state index is 0.0325. The van der Waals surface area contributed by atoms with E-state index in [1.807, 2.05) is 0 Å². The van der Waals surface area contributed by atoms with Crippen LogP contribution < -0.4 is 5.73 Å². The average molecular weight is 209 g/mol. The van der Waals surface area contributed by atoms with Crippen LogP contribution in [0.4, 0.5) is 0 Å². The van der Waals surface area contributed by atoms with Crippen LogP contribution >= 0.6 is 0 Å². The van der Waals surface area contributed by atoms with E-state index < -0.39 is 0 Å². The van der Waals surface area contributed by atoms with Gasteiger partial charge in [-0.25, -0.2) is 0 Å². The predicted molar refractivity (Wildman–Crippen MR) is 65.6 cm³/mol. The molecule has 0 aromatic heterocycles. The zero-order valence-electron chi connectivity index (χ0n) is 10.8. The van der Waals surface area contributed by atoms with Crippen molar-refractivity contribution in [2.45, 2.75) is 65.3 Å². The molecule has 3 saturated carbocycles. The number of fused-ring (bicyclic) bond motifs is 2. The summed E-state index contributed by atoms with van der Waals surface area (Å²) in [7, 11) is 0. The van der Waals surface area contributed by atoms with Gasteiger partial charge in [-0.15, -0.1) is 0 Å². The molecule has 0 amide bonds. The molecule has 1 nitrogen and oxygen atoms in total. The van der Waals surface area contributed by atoms with Crippen molar-refractivity contribution in [3.05, 3.63) is 0 Å². The smallest absolute Gasteiger partial charge is 0.00971 e. The monoisotopic (exact) mass is 209 g/mol. The molecule has 2 bridgehead atoms. The van der Waals surface area contributed by atoms with Gasteiger partial charge in [0.2, 0.25) is 0 Å². The first-order chi connectivity index (χ1) is 6.81. The molecule has 15 heavy (non-hydrogen) atoms. The Morgan fingerprint density at radius 3 is 2.40 bits per heavy atom. The molecule has 3 rings (SSSR count). The van der Waals surface area contributed by atoms with Crippen molar-refractivity contribution in [2.75, 3.05) is 0 Å². The normalized spacial score (nSPS) is 38.6. The largest absolute Gasteiger partial charge is 0.326 e. The molecule has 0 saturated heterocycles. The average Bonchev–Trinajstić information content (AvgIpc) is 2.13. The zero-order valence-corrected chi connectivity index (χ0v) is 10.8. The second kappa shape index (κ2) is 3.48. The van der Waals surface area contributed by atoms with Crippen molar-refractivity contribution in [2.24, 2.45) is 28.9 Å². The molecule has 0 spiro atoms. The maximum atomic E-state index is 6.08. The Hall–Kier alpha value is -0.0400. The molecule has 3 unspecified atom stereocenters. The van der Waals surface area contributed by atoms with Crippen molar-refractivity contribution >= 4 is 0 Å². The molecular weight excluding hydrogens is 182 g/mol. The van der Waals surface area contributed by atoms with E-state index in [-0.39, 0.29) is 5.54 Å². The van der Waals surface area contributed by atoms with Gasteiger partial charge in [0, 0.05) is 5.54 Å². The summed E-state index contributed by atoms with van der Waals surface area (Å²) in [4.78, 5) is 0. The Balaban J connectivity index is 1.89. The highest BCUT2D eigenvalue weighted by molar-refractivity contribution is 5.03. The molecule has 0 aromatic rings. The maximum Gasteiger partial charge on any atom is 0.00971 e. The highest BCUT2D eigenvalue weighted by Gasteiger charge is 2.53. The summed E-state index contributed by atoms with van der Waals surface area (Å²) in [5, 5.41) is 0. The summed E-state index contributed by atoms with van der Waals surface area (Å²) < 4.78 is 0. The highest BCUT2D eigenvalue weighted by atomic mass is 14.7. The third-order valence-corrected chi connectivity index (χ3v) is 5.16. The molecule has 3 aliphatic carbocycles. The maximum absolute atomic E-state index is 6.08. The van der Waals surface area contributed by atoms with Crippen LogP contribution in [-0.2, 0) is 0 Å². The van der Waals surface area contributed by atoms with Crippen molar-refractivity contribution in [1.29, 1.82) is 0 Å². The predicted octanol–water partition coefficient (Wildman–Crippen LogP) is 3.58. The minimum atomic E-state index is 0.0325. The van der Waals surface area contributed by atoms with Crippen LogP contribution in [0.15, 0.2) is 0 Å². The molecule has 3 aliphatic rings. The van der Waals surface area contributed by atoms with Crippen molar-refractivity contribution in [1.82, 2.24) is 0 Å². The summed E-state index contributed by atoms with van der Waals surface area (Å²) in [6.07, 6.45) is 6.98. The Labute approximate surface area is 94.8 Å². The van der Waals surface area contributed by atoms with Gasteiger partial charge in [0.05, 0.1) is 0 Å². The van der Waals surface area contributed by atoms with Gasteiger partial charge in [-0.3, -0.25) is 0 Å². The van der Waals surface area contributed by atoms with Gasteiger partial charge in [0.25, 0.3) is 0 Å². The lowest BCUT2D eigenvalue weighted by Gasteiger charge is -2.60. The topological polar surface area (TPSA) is 26.0 Å². The lowest BCUT2D eigenvalue weighted by atomic mass is 9.45. The van der Waals surface area contributed by atoms with Crippen molar-refractivity contribution in [3.8, 4) is 0 Å². The third-order valence-electron chi connectivity index (χ3n) is 5.16. The Kier molecular flexibility index (Phi) is 2.65. The van der Waals surface area contributed by atoms with Gasteiger partial charge in [-0.1, -0.05) is 13.8 Å². The summed E-state index contributed by atoms with van der Waals surface area (Å²) in [5.41, 5.74) is 6.75. The van der Waals surface area contributed by atoms with Gasteiger partial charge in [-0.2, -0.15) is 0 Å². The Morgan fingerprint density at radius 1 is 1.27 bits per heavy atom. The molecule has 0 aromatic carbocycles. The van der Waals surface area contributed by atoms with Crippen molar-refractivity contribution < 1.29 is 0 Å². The molecule has 3 fully saturated rings. The lowest BCUT2D eigenvalue weighted by molar-refractivity contribution is -0.108. The fourth-order valence-corrected chi connectivity index (χ4v) is 3.87. The number of rotatable bonds is 3. The fourth-order valence-electron chi connectivity index (χ4n) is 3.87. The van der Waals surface area contributed by atoms with E-state index >= 15 is 0 Å². The first kappa shape index (κ1) is 11.4. The van der Waals surface area contributed by atoms with Crippen LogP contribution in [0.25, 0.3) is 0 Å². The van der Waals surface area contributed by atoms with Crippen molar-refractivity contribution in [3.63, 3.8) is 0 Å². The van der Waals surface area contributed by atoms with Crippen LogP contribution in [0, 0.1) is 23.2 Å². The van der Waals surface area contributed by atoms with E-state index in [1.54, 1.807) is 0 Å². The molecule has 0 heterocycles. The van der Waals surface area contributed by atoms with E-state index in [2.05, 4.69) is 27.7 Å². The number of hydrogen-bond acceptors (Lipinski definition) is 1. The minimum Gasteiger partial charge on any atom is -0.326 e. The van der Waals surface area contributed by atoms with Gasteiger partial charge >= 0.3 is 0 Å². The van der Waals surface area contributed by atoms with E-state index in [0.29, 0.717) is 5.41 Å². The zero-order chi connectivity index (χ0) is 11.3. The van der Waals surface area contributed by atoms with Crippen LogP contribution in [0.3, 0.4) is 0 Å². The molecule has 0 radical (unpaired) electrons. The van der Waals surface area contributed by atoms with Gasteiger partial charge in [0.1, 0.15) is 0 Å². The summed E-state index contributed by atoms with van der Waals surface area (Å²) in [5.74, 6) is 3.00. The standard InChI is InChI=1S/C14H27N/c1-13(2,15)8-7-10-5-6-11-9-12(10)14(11,3)4/h10-12H,5-9,15H2,1-4H3. The van der Waals surface area contributed by atoms with E-state index in [4.69, 9.17) is 5.73 Å². The second-order valence-corrected chi connectivity index (χ2v) is 7.23. The third kappa shape index (κ3) is 2.08. The first-order valence-corrected chi connectivity index (χ1v) is 6.59. The van der Waals surface area contributed by atoms with Gasteiger partial charge in [-0.05, 0) is 69.1 Å². The van der Waals surface area contributed by atoms with Crippen LogP contribution in [0.5, 0.6) is 0 Å². The first-order valence-electron chi connectivity index (χ1n) is 6.59. The molecule has 3 atom stereocenters. The molecular formula is C14H27N. The lowest BCUT2D eigenvalue weighted by Crippen LogP contribution is -2.52. The summed E-state index contributed by atoms with van der Waals surface area (Å²) in [6, 6.07) is 0. The van der Waals surface area contributed by atoms with E-state index in [1.165, 1.54) is 32.1 Å². The van der Waals surface area contributed by atoms with E-state index in [9.17, 15) is 0 Å². The number of nitrogens with two attached hydrogens (primary N) is 1. The summed E-state index contributed by atoms with van der Waals surface area (Å²) >= 11 is 0. The van der Waals surface area contributed by atoms with Gasteiger partial charge in [0.15, 0.2) is 0 Å². The molecule has 0 aliphatic heterocycles. The second-order valence-electron chi connectivity index (χ2n) is 7.23. The summed E-state index contributed by atoms with van der Waals surface area (Å²) in [6.45, 7) is 9.27. The SMILES string of the molecule is CC(C)(N)CCC1CCC2CC1C2(C)C. The molecule has 88 valence electrons. The van der Waals surface area contributed by atoms with Crippen LogP contribution in [0.1, 0.15) is 59.8 Å². The van der Waals surface area contributed by atoms with Gasteiger partial charge < -0.3 is 5.73 Å². The van der Waals surface area contributed by atoms with Crippen LogP contribution in [-0.4, -0.2) is 5.54 Å². The fraction of sp³-hybridized carbons (Fsp3) is 1.00. The quantitative estimate of drug-likeness (QED) is 0.755. The van der Waals surface area contributed by atoms with Crippen LogP contribution in [0.2, 0.25) is 0 Å². The molecule has 1 heteroatoms.